The Kier molecular flexibility index (Phi) is 11.7. The van der Waals surface area contributed by atoms with Gasteiger partial charge >= 0.3 is 11.8 Å². The van der Waals surface area contributed by atoms with Gasteiger partial charge < -0.3 is 25.8 Å². The predicted molar refractivity (Wildman–Crippen MR) is 175 cm³/mol. The van der Waals surface area contributed by atoms with Crippen LogP contribution in [-0.4, -0.2) is 83.2 Å². The van der Waals surface area contributed by atoms with Crippen molar-refractivity contribution in [2.75, 3.05) is 33.0 Å². The van der Waals surface area contributed by atoms with Crippen LogP contribution >= 0.6 is 22.9 Å². The summed E-state index contributed by atoms with van der Waals surface area (Å²) in [5, 5.41) is 8.91. The lowest BCUT2D eigenvalue weighted by Crippen LogP contribution is -2.57. The molecular weight excluding hydrogens is 614 g/mol. The summed E-state index contributed by atoms with van der Waals surface area (Å²) in [6.45, 7) is 5.83. The summed E-state index contributed by atoms with van der Waals surface area (Å²) in [4.78, 5) is 64.3. The average molecular weight is 654 g/mol. The Morgan fingerprint density at radius 1 is 0.956 bits per heavy atom. The van der Waals surface area contributed by atoms with Crippen molar-refractivity contribution >= 4 is 52.4 Å². The molecule has 45 heavy (non-hydrogen) atoms. The number of thiazole rings is 1. The van der Waals surface area contributed by atoms with Crippen LogP contribution in [0.5, 0.6) is 0 Å². The second-order valence-corrected chi connectivity index (χ2v) is 13.3. The molecule has 0 spiro atoms. The molecule has 3 atom stereocenters. The second-order valence-electron chi connectivity index (χ2n) is 11.7. The fraction of sp³-hybridized carbons (Fsp3) is 0.438. The molecule has 0 saturated heterocycles. The van der Waals surface area contributed by atoms with Crippen LogP contribution in [0.3, 0.4) is 0 Å². The number of nitrogens with one attached hydrogen (secondary N) is 3. The molecule has 1 saturated carbocycles. The van der Waals surface area contributed by atoms with Gasteiger partial charge in [0.25, 0.3) is 5.91 Å². The van der Waals surface area contributed by atoms with E-state index in [9.17, 15) is 19.2 Å². The highest BCUT2D eigenvalue weighted by molar-refractivity contribution is 7.13. The molecule has 11 nitrogen and oxygen atoms in total. The molecule has 0 radical (unpaired) electrons. The number of rotatable bonds is 5. The summed E-state index contributed by atoms with van der Waals surface area (Å²) in [6, 6.07) is 10.4. The van der Waals surface area contributed by atoms with Crippen LogP contribution in [0.2, 0.25) is 5.02 Å². The number of likely N-dealkylation sites (N-methyl/N-ethyl adjacent to an activating group) is 1. The van der Waals surface area contributed by atoms with Gasteiger partial charge in [0, 0.05) is 56.6 Å². The van der Waals surface area contributed by atoms with Crippen LogP contribution in [0.25, 0.3) is 0 Å². The minimum absolute atomic E-state index is 0.0386. The van der Waals surface area contributed by atoms with Crippen molar-refractivity contribution in [1.29, 1.82) is 0 Å². The first-order chi connectivity index (χ1) is 21.4. The fourth-order valence-electron chi connectivity index (χ4n) is 5.24. The van der Waals surface area contributed by atoms with Gasteiger partial charge in [0.2, 0.25) is 5.91 Å². The smallest absolute Gasteiger partial charge is 0.314 e. The Labute approximate surface area is 272 Å². The molecule has 2 aliphatic rings. The highest BCUT2D eigenvalue weighted by Crippen LogP contribution is 2.28. The Bertz CT molecular complexity index is 1490. The van der Waals surface area contributed by atoms with Crippen LogP contribution in [0.15, 0.2) is 42.6 Å². The summed E-state index contributed by atoms with van der Waals surface area (Å²) in [5.74, 6) is -2.25. The van der Waals surface area contributed by atoms with Crippen LogP contribution in [-0.2, 0) is 27.3 Å². The number of carbonyl (C=O) groups is 4. The fourth-order valence-corrected chi connectivity index (χ4v) is 6.44. The van der Waals surface area contributed by atoms with E-state index in [1.54, 1.807) is 20.2 Å². The van der Waals surface area contributed by atoms with Gasteiger partial charge in [-0.3, -0.25) is 19.2 Å². The highest BCUT2D eigenvalue weighted by Gasteiger charge is 2.37. The third-order valence-electron chi connectivity index (χ3n) is 7.78. The molecule has 1 aliphatic heterocycles. The maximum Gasteiger partial charge on any atom is 0.314 e. The number of aromatic nitrogens is 2. The number of anilines is 1. The van der Waals surface area contributed by atoms with Gasteiger partial charge in [-0.1, -0.05) is 47.0 Å². The zero-order valence-corrected chi connectivity index (χ0v) is 27.8. The third kappa shape index (κ3) is 9.56. The molecule has 3 aromatic rings. The van der Waals surface area contributed by atoms with E-state index in [1.807, 2.05) is 7.05 Å². The lowest BCUT2D eigenvalue weighted by atomic mass is 9.81. The average Bonchev–Trinajstić information content (AvgIpc) is 3.44. The molecular formula is C32H40ClN7O4S. The van der Waals surface area contributed by atoms with E-state index in [0.29, 0.717) is 29.3 Å². The number of halogens is 1. The van der Waals surface area contributed by atoms with Crippen molar-refractivity contribution in [3.05, 3.63) is 74.3 Å². The molecule has 2 aromatic heterocycles. The standard InChI is InChI=1S/C24H30ClN7O4S.C8H10/c1-31(2)24(36)13-4-6-15(27-20(33)21(34)30-19-7-5-14(25)11-26-19)17(10-13)28-22(35)23-29-16-8-9-32(3)12-18(16)37-23;1-7-3-5-8(2)6-4-7/h5,7,11,13,15,17H,4,6,8-10,12H2,1-3H3,(H,27,33)(H,28,35)(H,26,30,34);3-6H,1-2H3. The lowest BCUT2D eigenvalue weighted by molar-refractivity contribution is -0.137. The zero-order chi connectivity index (χ0) is 32.7. The normalized spacial score (nSPS) is 19.3. The summed E-state index contributed by atoms with van der Waals surface area (Å²) in [6.07, 6.45) is 3.42. The molecule has 4 amide bonds. The number of fused-ring (bicyclic) bond motifs is 1. The van der Waals surface area contributed by atoms with Gasteiger partial charge in [-0.15, -0.1) is 11.3 Å². The number of aryl methyl sites for hydroxylation is 2. The first kappa shape index (κ1) is 34.0. The molecule has 1 fully saturated rings. The van der Waals surface area contributed by atoms with Crippen molar-refractivity contribution in [2.45, 2.75) is 58.2 Å². The molecule has 0 bridgehead atoms. The first-order valence-electron chi connectivity index (χ1n) is 14.9. The van der Waals surface area contributed by atoms with E-state index in [1.165, 1.54) is 39.6 Å². The van der Waals surface area contributed by atoms with Crippen LogP contribution < -0.4 is 16.0 Å². The van der Waals surface area contributed by atoms with Gasteiger partial charge in [-0.25, -0.2) is 9.97 Å². The summed E-state index contributed by atoms with van der Waals surface area (Å²) in [7, 11) is 5.41. The quantitative estimate of drug-likeness (QED) is 0.358. The lowest BCUT2D eigenvalue weighted by Gasteiger charge is -2.37. The Hall–Kier alpha value is -3.87. The minimum atomic E-state index is -0.886. The van der Waals surface area contributed by atoms with Gasteiger partial charge in [-0.05, 0) is 52.3 Å². The molecule has 3 unspecified atom stereocenters. The Morgan fingerprint density at radius 3 is 2.27 bits per heavy atom. The number of benzene rings is 1. The number of hydrogen-bond donors (Lipinski definition) is 3. The molecule has 1 aromatic carbocycles. The molecule has 3 heterocycles. The van der Waals surface area contributed by atoms with E-state index in [0.717, 1.165) is 30.1 Å². The van der Waals surface area contributed by atoms with E-state index in [2.05, 4.69) is 68.9 Å². The number of carbonyl (C=O) groups excluding carboxylic acids is 4. The summed E-state index contributed by atoms with van der Waals surface area (Å²) in [5.41, 5.74) is 3.60. The van der Waals surface area contributed by atoms with Gasteiger partial charge in [0.05, 0.1) is 16.8 Å². The first-order valence-corrected chi connectivity index (χ1v) is 16.0. The van der Waals surface area contributed by atoms with Crippen molar-refractivity contribution in [3.8, 4) is 0 Å². The molecule has 240 valence electrons. The second kappa shape index (κ2) is 15.4. The monoisotopic (exact) mass is 653 g/mol. The van der Waals surface area contributed by atoms with Crippen molar-refractivity contribution < 1.29 is 19.2 Å². The van der Waals surface area contributed by atoms with E-state index in [-0.39, 0.29) is 23.6 Å². The van der Waals surface area contributed by atoms with E-state index in [4.69, 9.17) is 11.6 Å². The minimum Gasteiger partial charge on any atom is -0.349 e. The topological polar surface area (TPSA) is 137 Å². The summed E-state index contributed by atoms with van der Waals surface area (Å²) >= 11 is 7.17. The van der Waals surface area contributed by atoms with Gasteiger partial charge in [0.1, 0.15) is 5.82 Å². The van der Waals surface area contributed by atoms with Crippen LogP contribution in [0, 0.1) is 19.8 Å². The Morgan fingerprint density at radius 2 is 1.64 bits per heavy atom. The highest BCUT2D eigenvalue weighted by atomic mass is 35.5. The largest absolute Gasteiger partial charge is 0.349 e. The predicted octanol–water partition coefficient (Wildman–Crippen LogP) is 3.59. The number of nitrogens with zero attached hydrogens (tertiary/aromatic N) is 4. The molecule has 5 rings (SSSR count). The SMILES string of the molecule is CN1CCc2nc(C(=O)NC3CC(C(=O)N(C)C)CCC3NC(=O)C(=O)Nc3ccc(Cl)cn3)sc2C1.Cc1ccc(C)cc1. The van der Waals surface area contributed by atoms with E-state index < -0.39 is 23.9 Å². The van der Waals surface area contributed by atoms with Crippen molar-refractivity contribution in [2.24, 2.45) is 5.92 Å². The van der Waals surface area contributed by atoms with Crippen molar-refractivity contribution in [1.82, 2.24) is 30.4 Å². The molecule has 1 aliphatic carbocycles. The summed E-state index contributed by atoms with van der Waals surface area (Å²) < 4.78 is 0. The number of hydrogen-bond acceptors (Lipinski definition) is 8. The van der Waals surface area contributed by atoms with Crippen molar-refractivity contribution in [3.63, 3.8) is 0 Å². The maximum atomic E-state index is 13.2. The number of amides is 4. The van der Waals surface area contributed by atoms with Crippen LogP contribution in [0.4, 0.5) is 5.82 Å². The number of pyridine rings is 1. The maximum absolute atomic E-state index is 13.2. The van der Waals surface area contributed by atoms with Gasteiger partial charge in [-0.2, -0.15) is 0 Å². The van der Waals surface area contributed by atoms with E-state index >= 15 is 0 Å². The molecule has 13 heteroatoms. The van der Waals surface area contributed by atoms with Crippen LogP contribution in [0.1, 0.15) is 50.8 Å². The Balaban J connectivity index is 0.000000501. The molecule has 3 N–H and O–H groups in total. The van der Waals surface area contributed by atoms with Gasteiger partial charge in [0.15, 0.2) is 5.01 Å². The zero-order valence-electron chi connectivity index (χ0n) is 26.2. The third-order valence-corrected chi connectivity index (χ3v) is 9.09.